The fraction of sp³-hybridized carbons (Fsp3) is 0.174. The van der Waals surface area contributed by atoms with Gasteiger partial charge in [0.15, 0.2) is 0 Å². The molecule has 0 atom stereocenters. The minimum absolute atomic E-state index is 0.512. The summed E-state index contributed by atoms with van der Waals surface area (Å²) in [6, 6.07) is 18.3. The number of terminal acetylenes is 1. The number of aromatic nitrogens is 1. The Morgan fingerprint density at radius 1 is 1.04 bits per heavy atom. The van der Waals surface area contributed by atoms with Gasteiger partial charge in [-0.2, -0.15) is 0 Å². The molecule has 0 spiro atoms. The molecule has 2 heterocycles. The molecule has 0 bridgehead atoms. The molecule has 2 aromatic heterocycles. The van der Waals surface area contributed by atoms with Crippen molar-refractivity contribution < 1.29 is 8.83 Å². The minimum Gasteiger partial charge on any atom is -0.468 e. The van der Waals surface area contributed by atoms with E-state index in [9.17, 15) is 0 Å². The molecule has 4 heteroatoms. The van der Waals surface area contributed by atoms with Crippen LogP contribution in [0.1, 0.15) is 17.2 Å². The van der Waals surface area contributed by atoms with Crippen LogP contribution in [0.15, 0.2) is 69.7 Å². The Labute approximate surface area is 158 Å². The topological polar surface area (TPSA) is 42.4 Å². The van der Waals surface area contributed by atoms with Crippen molar-refractivity contribution in [2.75, 3.05) is 6.54 Å². The van der Waals surface area contributed by atoms with Crippen molar-refractivity contribution in [3.05, 3.63) is 78.1 Å². The third-order valence-corrected chi connectivity index (χ3v) is 4.54. The number of hydrogen-bond donors (Lipinski definition) is 0. The van der Waals surface area contributed by atoms with Crippen molar-refractivity contribution in [3.63, 3.8) is 0 Å². The predicted molar refractivity (Wildman–Crippen MR) is 106 cm³/mol. The van der Waals surface area contributed by atoms with E-state index in [1.807, 2.05) is 37.3 Å². The molecular weight excluding hydrogens is 336 g/mol. The highest BCUT2D eigenvalue weighted by Crippen LogP contribution is 2.26. The van der Waals surface area contributed by atoms with Crippen molar-refractivity contribution in [1.82, 2.24) is 9.88 Å². The second-order valence-electron chi connectivity index (χ2n) is 6.51. The summed E-state index contributed by atoms with van der Waals surface area (Å²) in [6.45, 7) is 3.69. The van der Waals surface area contributed by atoms with E-state index in [4.69, 9.17) is 20.2 Å². The van der Waals surface area contributed by atoms with Gasteiger partial charge in [-0.05, 0) is 42.0 Å². The molecular formula is C23H20N2O2. The van der Waals surface area contributed by atoms with Crippen LogP contribution in [-0.2, 0) is 13.1 Å². The SMILES string of the molecule is C#CCN(Cc1ccco1)Cc1nc(-c2ccc3ccccc3c2)oc1C. The first kappa shape index (κ1) is 17.1. The summed E-state index contributed by atoms with van der Waals surface area (Å²) in [5, 5.41) is 2.36. The Kier molecular flexibility index (Phi) is 4.78. The Hall–Kier alpha value is -3.29. The van der Waals surface area contributed by atoms with Crippen LogP contribution in [0, 0.1) is 19.3 Å². The largest absolute Gasteiger partial charge is 0.468 e. The molecule has 0 aliphatic carbocycles. The Morgan fingerprint density at radius 2 is 1.89 bits per heavy atom. The van der Waals surface area contributed by atoms with E-state index in [0.717, 1.165) is 22.8 Å². The maximum atomic E-state index is 5.95. The van der Waals surface area contributed by atoms with Gasteiger partial charge in [0, 0.05) is 12.1 Å². The highest BCUT2D eigenvalue weighted by atomic mass is 16.4. The van der Waals surface area contributed by atoms with Crippen LogP contribution in [0.2, 0.25) is 0 Å². The van der Waals surface area contributed by atoms with Crippen LogP contribution in [0.5, 0.6) is 0 Å². The van der Waals surface area contributed by atoms with Gasteiger partial charge in [-0.15, -0.1) is 6.42 Å². The van der Waals surface area contributed by atoms with Crippen molar-refractivity contribution in [1.29, 1.82) is 0 Å². The van der Waals surface area contributed by atoms with E-state index < -0.39 is 0 Å². The molecule has 0 unspecified atom stereocenters. The van der Waals surface area contributed by atoms with Crippen LogP contribution in [0.4, 0.5) is 0 Å². The first-order chi connectivity index (χ1) is 13.2. The molecule has 4 nitrogen and oxygen atoms in total. The van der Waals surface area contributed by atoms with Crippen LogP contribution in [0.3, 0.4) is 0 Å². The van der Waals surface area contributed by atoms with Gasteiger partial charge in [-0.3, -0.25) is 4.90 Å². The van der Waals surface area contributed by atoms with Crippen molar-refractivity contribution in [3.8, 4) is 23.8 Å². The van der Waals surface area contributed by atoms with Gasteiger partial charge in [-0.25, -0.2) is 4.98 Å². The molecule has 0 saturated heterocycles. The van der Waals surface area contributed by atoms with Crippen molar-refractivity contribution in [2.45, 2.75) is 20.0 Å². The van der Waals surface area contributed by atoms with Gasteiger partial charge in [0.25, 0.3) is 0 Å². The van der Waals surface area contributed by atoms with Gasteiger partial charge in [0.05, 0.1) is 25.0 Å². The van der Waals surface area contributed by atoms with Crippen LogP contribution >= 0.6 is 0 Å². The standard InChI is InChI=1S/C23H20N2O2/c1-3-12-25(15-21-9-6-13-26-21)16-22-17(2)27-23(24-22)20-11-10-18-7-4-5-8-19(18)14-20/h1,4-11,13-14H,12,15-16H2,2H3. The summed E-state index contributed by atoms with van der Waals surface area (Å²) in [7, 11) is 0. The lowest BCUT2D eigenvalue weighted by Crippen LogP contribution is -2.23. The number of rotatable bonds is 6. The first-order valence-corrected chi connectivity index (χ1v) is 8.86. The monoisotopic (exact) mass is 356 g/mol. The van der Waals surface area contributed by atoms with Gasteiger partial charge in [-0.1, -0.05) is 36.3 Å². The molecule has 0 saturated carbocycles. The maximum absolute atomic E-state index is 5.95. The zero-order valence-corrected chi connectivity index (χ0v) is 15.2. The minimum atomic E-state index is 0.512. The van der Waals surface area contributed by atoms with Crippen molar-refractivity contribution in [2.24, 2.45) is 0 Å². The van der Waals surface area contributed by atoms with Crippen molar-refractivity contribution >= 4 is 10.8 Å². The Balaban J connectivity index is 1.58. The summed E-state index contributed by atoms with van der Waals surface area (Å²) in [6.07, 6.45) is 7.20. The second-order valence-corrected chi connectivity index (χ2v) is 6.51. The van der Waals surface area contributed by atoms with Crippen LogP contribution < -0.4 is 0 Å². The third kappa shape index (κ3) is 3.79. The Morgan fingerprint density at radius 3 is 2.67 bits per heavy atom. The average Bonchev–Trinajstić information content (AvgIpc) is 3.32. The number of oxazole rings is 1. The summed E-state index contributed by atoms with van der Waals surface area (Å²) in [5.74, 6) is 5.02. The number of fused-ring (bicyclic) bond motifs is 1. The fourth-order valence-electron chi connectivity index (χ4n) is 3.15. The molecule has 0 fully saturated rings. The molecule has 4 aromatic rings. The first-order valence-electron chi connectivity index (χ1n) is 8.86. The average molecular weight is 356 g/mol. The number of benzene rings is 2. The van der Waals surface area contributed by atoms with E-state index in [1.165, 1.54) is 10.8 Å². The Bertz CT molecular complexity index is 1090. The molecule has 27 heavy (non-hydrogen) atoms. The molecule has 0 amide bonds. The van der Waals surface area contributed by atoms with E-state index in [-0.39, 0.29) is 0 Å². The predicted octanol–water partition coefficient (Wildman–Crippen LogP) is 5.03. The summed E-state index contributed by atoms with van der Waals surface area (Å²) < 4.78 is 11.4. The highest BCUT2D eigenvalue weighted by molar-refractivity contribution is 5.86. The molecule has 4 rings (SSSR count). The molecule has 134 valence electrons. The third-order valence-electron chi connectivity index (χ3n) is 4.54. The lowest BCUT2D eigenvalue weighted by molar-refractivity contribution is 0.260. The van der Waals surface area contributed by atoms with E-state index in [2.05, 4.69) is 35.1 Å². The molecule has 0 radical (unpaired) electrons. The van der Waals surface area contributed by atoms with E-state index >= 15 is 0 Å². The second kappa shape index (κ2) is 7.53. The lowest BCUT2D eigenvalue weighted by atomic mass is 10.1. The normalized spacial score (nSPS) is 11.1. The van der Waals surface area contributed by atoms with Gasteiger partial charge in [0.2, 0.25) is 5.89 Å². The number of furan rings is 1. The van der Waals surface area contributed by atoms with Crippen LogP contribution in [-0.4, -0.2) is 16.4 Å². The molecule has 0 aliphatic heterocycles. The zero-order valence-electron chi connectivity index (χ0n) is 15.2. The molecule has 0 N–H and O–H groups in total. The summed E-state index contributed by atoms with van der Waals surface area (Å²) in [4.78, 5) is 6.84. The summed E-state index contributed by atoms with van der Waals surface area (Å²) in [5.41, 5.74) is 1.86. The molecule has 2 aromatic carbocycles. The maximum Gasteiger partial charge on any atom is 0.226 e. The molecule has 0 aliphatic rings. The zero-order chi connectivity index (χ0) is 18.6. The lowest BCUT2D eigenvalue weighted by Gasteiger charge is -2.17. The fourth-order valence-corrected chi connectivity index (χ4v) is 3.15. The van der Waals surface area contributed by atoms with E-state index in [1.54, 1.807) is 6.26 Å². The van der Waals surface area contributed by atoms with Gasteiger partial charge in [0.1, 0.15) is 11.5 Å². The smallest absolute Gasteiger partial charge is 0.226 e. The number of nitrogens with zero attached hydrogens (tertiary/aromatic N) is 2. The quantitative estimate of drug-likeness (QED) is 0.454. The van der Waals surface area contributed by atoms with Gasteiger partial charge < -0.3 is 8.83 Å². The number of aryl methyl sites for hydroxylation is 1. The van der Waals surface area contributed by atoms with Gasteiger partial charge >= 0.3 is 0 Å². The van der Waals surface area contributed by atoms with Crippen LogP contribution in [0.25, 0.3) is 22.2 Å². The summed E-state index contributed by atoms with van der Waals surface area (Å²) >= 11 is 0. The highest BCUT2D eigenvalue weighted by Gasteiger charge is 2.16. The number of hydrogen-bond acceptors (Lipinski definition) is 4. The van der Waals surface area contributed by atoms with E-state index in [0.29, 0.717) is 25.5 Å².